The Morgan fingerprint density at radius 3 is 2.73 bits per heavy atom. The van der Waals surface area contributed by atoms with E-state index >= 15 is 0 Å². The fourth-order valence-corrected chi connectivity index (χ4v) is 2.90. The summed E-state index contributed by atoms with van der Waals surface area (Å²) in [6, 6.07) is 7.68. The molecule has 0 saturated carbocycles. The molecule has 1 atom stereocenters. The van der Waals surface area contributed by atoms with Crippen molar-refractivity contribution in [1.29, 1.82) is 0 Å². The summed E-state index contributed by atoms with van der Waals surface area (Å²) in [7, 11) is 0. The Balaban J connectivity index is 2.06. The van der Waals surface area contributed by atoms with Crippen molar-refractivity contribution >= 4 is 27.3 Å². The van der Waals surface area contributed by atoms with Crippen LogP contribution in [0.25, 0.3) is 0 Å². The van der Waals surface area contributed by atoms with Crippen LogP contribution in [-0.2, 0) is 6.42 Å². The van der Waals surface area contributed by atoms with E-state index in [-0.39, 0.29) is 0 Å². The SMILES string of the molecule is Cc1ccc(C(O)Cc2ccc(Br)s2)o1. The molecule has 4 heteroatoms. The van der Waals surface area contributed by atoms with Crippen LogP contribution in [-0.4, -0.2) is 5.11 Å². The van der Waals surface area contributed by atoms with Crippen molar-refractivity contribution in [1.82, 2.24) is 0 Å². The van der Waals surface area contributed by atoms with E-state index in [4.69, 9.17) is 4.42 Å². The summed E-state index contributed by atoms with van der Waals surface area (Å²) in [6.07, 6.45) is 0.0488. The van der Waals surface area contributed by atoms with Gasteiger partial charge in [-0.1, -0.05) is 0 Å². The highest BCUT2D eigenvalue weighted by Crippen LogP contribution is 2.27. The Bertz CT molecular complexity index is 447. The number of aryl methyl sites for hydroxylation is 1. The first kappa shape index (κ1) is 10.9. The van der Waals surface area contributed by atoms with Crippen LogP contribution in [0.2, 0.25) is 0 Å². The number of aliphatic hydroxyl groups is 1. The molecule has 2 nitrogen and oxygen atoms in total. The minimum atomic E-state index is -0.552. The molecule has 80 valence electrons. The maximum absolute atomic E-state index is 9.89. The van der Waals surface area contributed by atoms with E-state index in [9.17, 15) is 5.11 Å². The van der Waals surface area contributed by atoms with Crippen LogP contribution in [0.5, 0.6) is 0 Å². The van der Waals surface area contributed by atoms with Crippen LogP contribution in [0.1, 0.15) is 22.5 Å². The van der Waals surface area contributed by atoms with Crippen molar-refractivity contribution in [2.45, 2.75) is 19.4 Å². The quantitative estimate of drug-likeness (QED) is 0.934. The predicted molar refractivity (Wildman–Crippen MR) is 64.1 cm³/mol. The molecule has 15 heavy (non-hydrogen) atoms. The van der Waals surface area contributed by atoms with Gasteiger partial charge in [-0.2, -0.15) is 0 Å². The maximum Gasteiger partial charge on any atom is 0.133 e. The molecular weight excluding hydrogens is 276 g/mol. The Morgan fingerprint density at radius 1 is 1.40 bits per heavy atom. The second-order valence-corrected chi connectivity index (χ2v) is 5.92. The molecule has 0 spiro atoms. The lowest BCUT2D eigenvalue weighted by atomic mass is 10.2. The number of hydrogen-bond donors (Lipinski definition) is 1. The van der Waals surface area contributed by atoms with Gasteiger partial charge in [-0.05, 0) is 47.1 Å². The van der Waals surface area contributed by atoms with E-state index < -0.39 is 6.10 Å². The molecule has 0 aromatic carbocycles. The summed E-state index contributed by atoms with van der Waals surface area (Å²) in [5, 5.41) is 9.89. The molecule has 1 N–H and O–H groups in total. The van der Waals surface area contributed by atoms with Gasteiger partial charge in [0.15, 0.2) is 0 Å². The number of aliphatic hydroxyl groups excluding tert-OH is 1. The second kappa shape index (κ2) is 4.51. The third kappa shape index (κ3) is 2.71. The fourth-order valence-electron chi connectivity index (χ4n) is 1.39. The molecular formula is C11H11BrO2S. The molecule has 1 unspecified atom stereocenters. The summed E-state index contributed by atoms with van der Waals surface area (Å²) in [4.78, 5) is 1.14. The topological polar surface area (TPSA) is 33.4 Å². The normalized spacial score (nSPS) is 13.0. The number of halogens is 1. The Labute approximate surface area is 101 Å². The first-order chi connectivity index (χ1) is 7.15. The Hall–Kier alpha value is -0.580. The third-order valence-corrected chi connectivity index (χ3v) is 3.76. The molecule has 2 aromatic rings. The second-order valence-electron chi connectivity index (χ2n) is 3.37. The highest BCUT2D eigenvalue weighted by Gasteiger charge is 2.13. The smallest absolute Gasteiger partial charge is 0.133 e. The van der Waals surface area contributed by atoms with E-state index in [0.717, 1.165) is 14.4 Å². The number of thiophene rings is 1. The van der Waals surface area contributed by atoms with E-state index in [2.05, 4.69) is 15.9 Å². The molecule has 0 aliphatic rings. The van der Waals surface area contributed by atoms with Crippen LogP contribution < -0.4 is 0 Å². The van der Waals surface area contributed by atoms with Gasteiger partial charge < -0.3 is 9.52 Å². The lowest BCUT2D eigenvalue weighted by Crippen LogP contribution is -1.98. The van der Waals surface area contributed by atoms with Gasteiger partial charge in [0.25, 0.3) is 0 Å². The van der Waals surface area contributed by atoms with Gasteiger partial charge in [0, 0.05) is 11.3 Å². The van der Waals surface area contributed by atoms with Crippen molar-refractivity contribution < 1.29 is 9.52 Å². The Morgan fingerprint density at radius 2 is 2.20 bits per heavy atom. The van der Waals surface area contributed by atoms with Crippen molar-refractivity contribution in [2.24, 2.45) is 0 Å². The molecule has 0 aliphatic heterocycles. The lowest BCUT2D eigenvalue weighted by molar-refractivity contribution is 0.149. The molecule has 0 saturated heterocycles. The summed E-state index contributed by atoms with van der Waals surface area (Å²) in [5.74, 6) is 1.47. The van der Waals surface area contributed by atoms with Gasteiger partial charge >= 0.3 is 0 Å². The summed E-state index contributed by atoms with van der Waals surface area (Å²) in [6.45, 7) is 1.87. The van der Waals surface area contributed by atoms with Crippen molar-refractivity contribution in [3.8, 4) is 0 Å². The van der Waals surface area contributed by atoms with Crippen LogP contribution in [0, 0.1) is 6.92 Å². The standard InChI is InChI=1S/C11H11BrO2S/c1-7-2-4-10(14-7)9(13)6-8-3-5-11(12)15-8/h2-5,9,13H,6H2,1H3. The highest BCUT2D eigenvalue weighted by atomic mass is 79.9. The lowest BCUT2D eigenvalue weighted by Gasteiger charge is -2.05. The first-order valence-electron chi connectivity index (χ1n) is 4.64. The van der Waals surface area contributed by atoms with Crippen LogP contribution >= 0.6 is 27.3 Å². The first-order valence-corrected chi connectivity index (χ1v) is 6.25. The molecule has 0 bridgehead atoms. The maximum atomic E-state index is 9.89. The van der Waals surface area contributed by atoms with Gasteiger partial charge in [-0.15, -0.1) is 11.3 Å². The average Bonchev–Trinajstić information content (AvgIpc) is 2.75. The predicted octanol–water partition coefficient (Wildman–Crippen LogP) is 3.69. The van der Waals surface area contributed by atoms with Gasteiger partial charge in [0.2, 0.25) is 0 Å². The van der Waals surface area contributed by atoms with Gasteiger partial charge in [-0.25, -0.2) is 0 Å². The van der Waals surface area contributed by atoms with Crippen molar-refractivity contribution in [3.63, 3.8) is 0 Å². The molecule has 0 aliphatic carbocycles. The monoisotopic (exact) mass is 286 g/mol. The van der Waals surface area contributed by atoms with Crippen LogP contribution in [0.3, 0.4) is 0 Å². The molecule has 0 fully saturated rings. The molecule has 2 aromatic heterocycles. The van der Waals surface area contributed by atoms with Crippen LogP contribution in [0.15, 0.2) is 32.5 Å². The molecule has 0 amide bonds. The summed E-state index contributed by atoms with van der Waals surface area (Å²) < 4.78 is 6.45. The van der Waals surface area contributed by atoms with E-state index in [1.54, 1.807) is 11.3 Å². The third-order valence-electron chi connectivity index (χ3n) is 2.11. The van der Waals surface area contributed by atoms with E-state index in [1.165, 1.54) is 0 Å². The zero-order valence-corrected chi connectivity index (χ0v) is 10.6. The molecule has 2 heterocycles. The molecule has 0 radical (unpaired) electrons. The highest BCUT2D eigenvalue weighted by molar-refractivity contribution is 9.11. The minimum Gasteiger partial charge on any atom is -0.464 e. The van der Waals surface area contributed by atoms with Crippen molar-refractivity contribution in [3.05, 3.63) is 44.4 Å². The summed E-state index contributed by atoms with van der Waals surface area (Å²) in [5.41, 5.74) is 0. The van der Waals surface area contributed by atoms with Gasteiger partial charge in [-0.3, -0.25) is 0 Å². The fraction of sp³-hybridized carbons (Fsp3) is 0.273. The zero-order chi connectivity index (χ0) is 10.8. The number of furan rings is 1. The summed E-state index contributed by atoms with van der Waals surface area (Å²) >= 11 is 5.03. The van der Waals surface area contributed by atoms with Crippen molar-refractivity contribution in [2.75, 3.05) is 0 Å². The number of rotatable bonds is 3. The zero-order valence-electron chi connectivity index (χ0n) is 8.24. The van der Waals surface area contributed by atoms with E-state index in [1.807, 2.05) is 31.2 Å². The Kier molecular flexibility index (Phi) is 3.29. The molecule has 2 rings (SSSR count). The van der Waals surface area contributed by atoms with Gasteiger partial charge in [0.05, 0.1) is 3.79 Å². The largest absolute Gasteiger partial charge is 0.464 e. The van der Waals surface area contributed by atoms with E-state index in [0.29, 0.717) is 12.2 Å². The van der Waals surface area contributed by atoms with Crippen LogP contribution in [0.4, 0.5) is 0 Å². The minimum absolute atomic E-state index is 0.552. The number of hydrogen-bond acceptors (Lipinski definition) is 3. The van der Waals surface area contributed by atoms with Gasteiger partial charge in [0.1, 0.15) is 17.6 Å². The average molecular weight is 287 g/mol.